The third-order valence-electron chi connectivity index (χ3n) is 2.90. The van der Waals surface area contributed by atoms with Crippen LogP contribution in [0.25, 0.3) is 0 Å². The molecule has 0 radical (unpaired) electrons. The third kappa shape index (κ3) is 5.79. The van der Waals surface area contributed by atoms with Crippen LogP contribution in [0.4, 0.5) is 0 Å². The Labute approximate surface area is 98.5 Å². The second-order valence-electron chi connectivity index (χ2n) is 4.46. The second kappa shape index (κ2) is 7.53. The van der Waals surface area contributed by atoms with Crippen molar-refractivity contribution in [2.75, 3.05) is 18.1 Å². The third-order valence-corrected chi connectivity index (χ3v) is 3.84. The highest BCUT2D eigenvalue weighted by Crippen LogP contribution is 2.14. The van der Waals surface area contributed by atoms with Crippen LogP contribution in [0.3, 0.4) is 0 Å². The predicted molar refractivity (Wildman–Crippen MR) is 68.6 cm³/mol. The van der Waals surface area contributed by atoms with E-state index in [0.29, 0.717) is 18.2 Å². The van der Waals surface area contributed by atoms with Gasteiger partial charge in [-0.05, 0) is 44.6 Å². The van der Waals surface area contributed by atoms with Crippen LogP contribution >= 0.6 is 11.8 Å². The van der Waals surface area contributed by atoms with Crippen molar-refractivity contribution < 1.29 is 4.74 Å². The van der Waals surface area contributed by atoms with E-state index < -0.39 is 0 Å². The van der Waals surface area contributed by atoms with E-state index in [-0.39, 0.29) is 0 Å². The molecule has 1 heterocycles. The summed E-state index contributed by atoms with van der Waals surface area (Å²) in [4.78, 5) is 0. The molecule has 0 bridgehead atoms. The van der Waals surface area contributed by atoms with Crippen LogP contribution in [0.2, 0.25) is 0 Å². The molecule has 0 aromatic heterocycles. The first-order chi connectivity index (χ1) is 7.22. The number of hydrogen-bond acceptors (Lipinski definition) is 3. The number of rotatable bonds is 6. The van der Waals surface area contributed by atoms with Gasteiger partial charge in [0.1, 0.15) is 0 Å². The summed E-state index contributed by atoms with van der Waals surface area (Å²) in [7, 11) is 0. The maximum Gasteiger partial charge on any atom is 0.0561 e. The molecule has 0 aromatic rings. The minimum absolute atomic E-state index is 0.438. The highest BCUT2D eigenvalue weighted by atomic mass is 32.2. The topological polar surface area (TPSA) is 21.3 Å². The van der Waals surface area contributed by atoms with Crippen LogP contribution in [0.15, 0.2) is 0 Å². The first-order valence-electron chi connectivity index (χ1n) is 6.17. The fourth-order valence-corrected chi connectivity index (χ4v) is 2.85. The summed E-state index contributed by atoms with van der Waals surface area (Å²) >= 11 is 2.03. The standard InChI is InChI=1S/C12H25NOS/c1-4-15-8-6-10(2)13-12-5-7-14-11(3)9-12/h10-13H,4-9H2,1-3H3. The Morgan fingerprint density at radius 1 is 1.53 bits per heavy atom. The van der Waals surface area contributed by atoms with Gasteiger partial charge in [0.25, 0.3) is 0 Å². The monoisotopic (exact) mass is 231 g/mol. The average Bonchev–Trinajstić information content (AvgIpc) is 2.18. The fourth-order valence-electron chi connectivity index (χ4n) is 2.04. The van der Waals surface area contributed by atoms with Crippen molar-refractivity contribution in [3.63, 3.8) is 0 Å². The van der Waals surface area contributed by atoms with E-state index in [4.69, 9.17) is 4.74 Å². The lowest BCUT2D eigenvalue weighted by atomic mass is 10.0. The Balaban J connectivity index is 2.10. The largest absolute Gasteiger partial charge is 0.378 e. The van der Waals surface area contributed by atoms with E-state index >= 15 is 0 Å². The lowest BCUT2D eigenvalue weighted by Crippen LogP contribution is -2.42. The molecule has 0 aromatic carbocycles. The van der Waals surface area contributed by atoms with Crippen LogP contribution in [0, 0.1) is 0 Å². The molecular formula is C12H25NOS. The summed E-state index contributed by atoms with van der Waals surface area (Å²) in [6.07, 6.45) is 4.07. The fraction of sp³-hybridized carbons (Fsp3) is 1.00. The lowest BCUT2D eigenvalue weighted by Gasteiger charge is -2.30. The second-order valence-corrected chi connectivity index (χ2v) is 5.85. The molecule has 3 unspecified atom stereocenters. The van der Waals surface area contributed by atoms with E-state index in [1.165, 1.54) is 30.8 Å². The number of hydrogen-bond donors (Lipinski definition) is 1. The maximum atomic E-state index is 5.54. The van der Waals surface area contributed by atoms with Gasteiger partial charge in [0.05, 0.1) is 6.10 Å². The number of ether oxygens (including phenoxy) is 1. The van der Waals surface area contributed by atoms with Gasteiger partial charge in [0.2, 0.25) is 0 Å². The summed E-state index contributed by atoms with van der Waals surface area (Å²) in [5.41, 5.74) is 0. The van der Waals surface area contributed by atoms with Crippen molar-refractivity contribution in [1.82, 2.24) is 5.32 Å². The molecule has 0 spiro atoms. The number of nitrogens with one attached hydrogen (secondary N) is 1. The van der Waals surface area contributed by atoms with Gasteiger partial charge in [0.15, 0.2) is 0 Å². The molecule has 3 atom stereocenters. The van der Waals surface area contributed by atoms with Gasteiger partial charge in [-0.15, -0.1) is 0 Å². The summed E-state index contributed by atoms with van der Waals surface area (Å²) in [5.74, 6) is 2.52. The molecule has 1 N–H and O–H groups in total. The molecule has 0 amide bonds. The summed E-state index contributed by atoms with van der Waals surface area (Å²) in [6.45, 7) is 7.62. The molecule has 0 aliphatic carbocycles. The lowest BCUT2D eigenvalue weighted by molar-refractivity contribution is 0.0116. The quantitative estimate of drug-likeness (QED) is 0.710. The Morgan fingerprint density at radius 2 is 2.33 bits per heavy atom. The highest BCUT2D eigenvalue weighted by molar-refractivity contribution is 7.99. The normalized spacial score (nSPS) is 29.0. The van der Waals surface area contributed by atoms with Crippen LogP contribution in [-0.2, 0) is 4.74 Å². The van der Waals surface area contributed by atoms with Gasteiger partial charge >= 0.3 is 0 Å². The summed E-state index contributed by atoms with van der Waals surface area (Å²) < 4.78 is 5.54. The molecule has 0 saturated carbocycles. The Bertz CT molecular complexity index is 166. The van der Waals surface area contributed by atoms with Gasteiger partial charge < -0.3 is 10.1 Å². The van der Waals surface area contributed by atoms with E-state index in [1.807, 2.05) is 11.8 Å². The van der Waals surface area contributed by atoms with Gasteiger partial charge in [-0.25, -0.2) is 0 Å². The van der Waals surface area contributed by atoms with Crippen molar-refractivity contribution in [2.45, 2.75) is 58.2 Å². The zero-order chi connectivity index (χ0) is 11.1. The zero-order valence-electron chi connectivity index (χ0n) is 10.3. The van der Waals surface area contributed by atoms with Crippen LogP contribution in [-0.4, -0.2) is 36.3 Å². The van der Waals surface area contributed by atoms with Crippen LogP contribution in [0.5, 0.6) is 0 Å². The summed E-state index contributed by atoms with van der Waals surface area (Å²) in [6, 6.07) is 1.33. The SMILES string of the molecule is CCSCCC(C)NC1CCOC(C)C1. The Hall–Kier alpha value is 0.270. The molecular weight excluding hydrogens is 206 g/mol. The smallest absolute Gasteiger partial charge is 0.0561 e. The van der Waals surface area contributed by atoms with Crippen molar-refractivity contribution in [3.05, 3.63) is 0 Å². The van der Waals surface area contributed by atoms with Gasteiger partial charge in [-0.1, -0.05) is 6.92 Å². The van der Waals surface area contributed by atoms with E-state index in [9.17, 15) is 0 Å². The van der Waals surface area contributed by atoms with Crippen LogP contribution < -0.4 is 5.32 Å². The highest BCUT2D eigenvalue weighted by Gasteiger charge is 2.20. The molecule has 1 saturated heterocycles. The summed E-state index contributed by atoms with van der Waals surface area (Å²) in [5, 5.41) is 3.71. The average molecular weight is 231 g/mol. The van der Waals surface area contributed by atoms with E-state index in [1.54, 1.807) is 0 Å². The van der Waals surface area contributed by atoms with Crippen LogP contribution in [0.1, 0.15) is 40.0 Å². The first kappa shape index (κ1) is 13.3. The van der Waals surface area contributed by atoms with E-state index in [2.05, 4.69) is 26.1 Å². The van der Waals surface area contributed by atoms with Gasteiger partial charge in [0, 0.05) is 18.7 Å². The number of thioether (sulfide) groups is 1. The predicted octanol–water partition coefficient (Wildman–Crippen LogP) is 2.68. The molecule has 2 nitrogen and oxygen atoms in total. The zero-order valence-corrected chi connectivity index (χ0v) is 11.1. The molecule has 15 heavy (non-hydrogen) atoms. The minimum Gasteiger partial charge on any atom is -0.378 e. The molecule has 3 heteroatoms. The molecule has 1 aliphatic rings. The minimum atomic E-state index is 0.438. The van der Waals surface area contributed by atoms with E-state index in [0.717, 1.165) is 6.61 Å². The van der Waals surface area contributed by atoms with Crippen molar-refractivity contribution >= 4 is 11.8 Å². The Morgan fingerprint density at radius 3 is 3.00 bits per heavy atom. The maximum absolute atomic E-state index is 5.54. The molecule has 90 valence electrons. The van der Waals surface area contributed by atoms with Crippen molar-refractivity contribution in [2.24, 2.45) is 0 Å². The van der Waals surface area contributed by atoms with Gasteiger partial charge in [-0.2, -0.15) is 11.8 Å². The molecule has 1 aliphatic heterocycles. The molecule has 1 fully saturated rings. The van der Waals surface area contributed by atoms with Crippen molar-refractivity contribution in [1.29, 1.82) is 0 Å². The van der Waals surface area contributed by atoms with Gasteiger partial charge in [-0.3, -0.25) is 0 Å². The molecule has 1 rings (SSSR count). The first-order valence-corrected chi connectivity index (χ1v) is 7.33. The Kier molecular flexibility index (Phi) is 6.69. The van der Waals surface area contributed by atoms with Crippen molar-refractivity contribution in [3.8, 4) is 0 Å².